The number of carbonyl (C=O) groups is 1. The molecule has 1 fully saturated rings. The van der Waals surface area contributed by atoms with Crippen LogP contribution in [0.5, 0.6) is 0 Å². The highest BCUT2D eigenvalue weighted by Crippen LogP contribution is 2.19. The first-order chi connectivity index (χ1) is 8.63. The average molecular weight is 255 g/mol. The summed E-state index contributed by atoms with van der Waals surface area (Å²) in [5.74, 6) is 0.930. The highest BCUT2D eigenvalue weighted by atomic mass is 16.1. The largest absolute Gasteiger partial charge is 0.356 e. The van der Waals surface area contributed by atoms with E-state index in [1.54, 1.807) is 0 Å². The van der Waals surface area contributed by atoms with Crippen molar-refractivity contribution in [2.75, 3.05) is 33.2 Å². The molecular weight excluding hydrogens is 226 g/mol. The summed E-state index contributed by atoms with van der Waals surface area (Å²) in [5.41, 5.74) is 0. The van der Waals surface area contributed by atoms with Crippen molar-refractivity contribution in [3.05, 3.63) is 0 Å². The second kappa shape index (κ2) is 8.48. The van der Waals surface area contributed by atoms with E-state index in [-0.39, 0.29) is 5.91 Å². The van der Waals surface area contributed by atoms with Gasteiger partial charge in [-0.2, -0.15) is 0 Å². The van der Waals surface area contributed by atoms with Crippen LogP contribution in [-0.4, -0.2) is 50.1 Å². The zero-order valence-corrected chi connectivity index (χ0v) is 12.2. The standard InChI is InChI=1S/C14H29N3O/c1-4-8-16-14(18)5-9-15-12(2)13-6-10-17(3)11-7-13/h12-13,15H,4-11H2,1-3H3,(H,16,18). The molecule has 0 bridgehead atoms. The van der Waals surface area contributed by atoms with Crippen molar-refractivity contribution < 1.29 is 4.79 Å². The van der Waals surface area contributed by atoms with Gasteiger partial charge in [0.25, 0.3) is 0 Å². The summed E-state index contributed by atoms with van der Waals surface area (Å²) in [7, 11) is 2.19. The number of piperidine rings is 1. The number of carbonyl (C=O) groups excluding carboxylic acids is 1. The molecule has 4 nitrogen and oxygen atoms in total. The van der Waals surface area contributed by atoms with E-state index in [0.717, 1.165) is 25.4 Å². The fourth-order valence-corrected chi connectivity index (χ4v) is 2.46. The molecule has 106 valence electrons. The molecule has 1 unspecified atom stereocenters. The van der Waals surface area contributed by atoms with Crippen molar-refractivity contribution in [1.29, 1.82) is 0 Å². The van der Waals surface area contributed by atoms with Crippen LogP contribution in [0.25, 0.3) is 0 Å². The summed E-state index contributed by atoms with van der Waals surface area (Å²) in [6.45, 7) is 8.31. The van der Waals surface area contributed by atoms with Crippen molar-refractivity contribution >= 4 is 5.91 Å². The SMILES string of the molecule is CCCNC(=O)CCNC(C)C1CCN(C)CC1. The maximum atomic E-state index is 11.4. The van der Waals surface area contributed by atoms with Crippen LogP contribution in [-0.2, 0) is 4.79 Å². The molecule has 1 aliphatic heterocycles. The van der Waals surface area contributed by atoms with E-state index < -0.39 is 0 Å². The third-order valence-electron chi connectivity index (χ3n) is 3.86. The van der Waals surface area contributed by atoms with Gasteiger partial charge in [-0.1, -0.05) is 6.92 Å². The van der Waals surface area contributed by atoms with Gasteiger partial charge < -0.3 is 15.5 Å². The monoisotopic (exact) mass is 255 g/mol. The number of amides is 1. The fourth-order valence-electron chi connectivity index (χ4n) is 2.46. The lowest BCUT2D eigenvalue weighted by Gasteiger charge is -2.33. The Balaban J connectivity index is 2.09. The van der Waals surface area contributed by atoms with Gasteiger partial charge in [-0.3, -0.25) is 4.79 Å². The second-order valence-electron chi connectivity index (χ2n) is 5.48. The van der Waals surface area contributed by atoms with E-state index in [1.165, 1.54) is 25.9 Å². The summed E-state index contributed by atoms with van der Waals surface area (Å²) in [6, 6.07) is 0.526. The van der Waals surface area contributed by atoms with Gasteiger partial charge in [-0.05, 0) is 52.2 Å². The first-order valence-corrected chi connectivity index (χ1v) is 7.32. The van der Waals surface area contributed by atoms with Crippen LogP contribution in [0.15, 0.2) is 0 Å². The van der Waals surface area contributed by atoms with Crippen LogP contribution in [0.1, 0.15) is 39.5 Å². The quantitative estimate of drug-likeness (QED) is 0.719. The Morgan fingerprint density at radius 1 is 1.33 bits per heavy atom. The molecule has 0 aromatic rings. The van der Waals surface area contributed by atoms with Gasteiger partial charge in [0.15, 0.2) is 0 Å². The number of hydrogen-bond acceptors (Lipinski definition) is 3. The van der Waals surface area contributed by atoms with Crippen LogP contribution >= 0.6 is 0 Å². The van der Waals surface area contributed by atoms with Gasteiger partial charge in [-0.15, -0.1) is 0 Å². The molecule has 0 aromatic carbocycles. The molecule has 0 aromatic heterocycles. The van der Waals surface area contributed by atoms with Crippen molar-refractivity contribution in [3.8, 4) is 0 Å². The van der Waals surface area contributed by atoms with E-state index in [1.807, 2.05) is 0 Å². The summed E-state index contributed by atoms with van der Waals surface area (Å²) in [4.78, 5) is 13.8. The molecule has 1 aliphatic rings. The number of rotatable bonds is 7. The Kier molecular flexibility index (Phi) is 7.28. The Hall–Kier alpha value is -0.610. The molecule has 1 atom stereocenters. The van der Waals surface area contributed by atoms with Gasteiger partial charge >= 0.3 is 0 Å². The predicted octanol–water partition coefficient (Wildman–Crippen LogP) is 1.22. The van der Waals surface area contributed by atoms with E-state index in [4.69, 9.17) is 0 Å². The third kappa shape index (κ3) is 5.83. The summed E-state index contributed by atoms with van der Waals surface area (Å²) < 4.78 is 0. The lowest BCUT2D eigenvalue weighted by molar-refractivity contribution is -0.121. The highest BCUT2D eigenvalue weighted by Gasteiger charge is 2.21. The van der Waals surface area contributed by atoms with E-state index in [2.05, 4.69) is 36.4 Å². The maximum Gasteiger partial charge on any atom is 0.221 e. The Morgan fingerprint density at radius 3 is 2.61 bits per heavy atom. The molecule has 2 N–H and O–H groups in total. The molecule has 18 heavy (non-hydrogen) atoms. The fraction of sp³-hybridized carbons (Fsp3) is 0.929. The normalized spacial score (nSPS) is 19.7. The molecule has 1 rings (SSSR count). The van der Waals surface area contributed by atoms with Crippen molar-refractivity contribution in [2.45, 2.75) is 45.6 Å². The topological polar surface area (TPSA) is 44.4 Å². The van der Waals surface area contributed by atoms with E-state index in [9.17, 15) is 4.79 Å². The lowest BCUT2D eigenvalue weighted by Crippen LogP contribution is -2.41. The summed E-state index contributed by atoms with van der Waals surface area (Å²) in [5, 5.41) is 6.40. The van der Waals surface area contributed by atoms with Gasteiger partial charge in [-0.25, -0.2) is 0 Å². The predicted molar refractivity (Wildman–Crippen MR) is 75.6 cm³/mol. The molecule has 0 saturated carbocycles. The lowest BCUT2D eigenvalue weighted by atomic mass is 9.90. The molecule has 0 aliphatic carbocycles. The zero-order chi connectivity index (χ0) is 13.4. The van der Waals surface area contributed by atoms with Crippen molar-refractivity contribution in [3.63, 3.8) is 0 Å². The van der Waals surface area contributed by atoms with Crippen molar-refractivity contribution in [2.24, 2.45) is 5.92 Å². The molecule has 1 heterocycles. The van der Waals surface area contributed by atoms with Crippen LogP contribution in [0.4, 0.5) is 0 Å². The number of nitrogens with zero attached hydrogens (tertiary/aromatic N) is 1. The summed E-state index contributed by atoms with van der Waals surface area (Å²) in [6.07, 6.45) is 4.14. The van der Waals surface area contributed by atoms with Crippen LogP contribution in [0.3, 0.4) is 0 Å². The van der Waals surface area contributed by atoms with E-state index in [0.29, 0.717) is 12.5 Å². The minimum absolute atomic E-state index is 0.167. The van der Waals surface area contributed by atoms with Gasteiger partial charge in [0, 0.05) is 25.6 Å². The molecule has 1 saturated heterocycles. The van der Waals surface area contributed by atoms with Gasteiger partial charge in [0.2, 0.25) is 5.91 Å². The first kappa shape index (κ1) is 15.4. The Labute approximate surface area is 111 Å². The first-order valence-electron chi connectivity index (χ1n) is 7.32. The van der Waals surface area contributed by atoms with Crippen LogP contribution < -0.4 is 10.6 Å². The minimum Gasteiger partial charge on any atom is -0.356 e. The molecule has 4 heteroatoms. The number of hydrogen-bond donors (Lipinski definition) is 2. The average Bonchev–Trinajstić information content (AvgIpc) is 2.37. The van der Waals surface area contributed by atoms with Crippen LogP contribution in [0, 0.1) is 5.92 Å². The molecule has 0 spiro atoms. The number of nitrogens with one attached hydrogen (secondary N) is 2. The molecule has 0 radical (unpaired) electrons. The third-order valence-corrected chi connectivity index (χ3v) is 3.86. The van der Waals surface area contributed by atoms with Crippen molar-refractivity contribution in [1.82, 2.24) is 15.5 Å². The van der Waals surface area contributed by atoms with E-state index >= 15 is 0 Å². The molecular formula is C14H29N3O. The molecule has 1 amide bonds. The highest BCUT2D eigenvalue weighted by molar-refractivity contribution is 5.75. The smallest absolute Gasteiger partial charge is 0.221 e. The second-order valence-corrected chi connectivity index (χ2v) is 5.48. The Morgan fingerprint density at radius 2 is 2.00 bits per heavy atom. The van der Waals surface area contributed by atoms with Gasteiger partial charge in [0.1, 0.15) is 0 Å². The number of likely N-dealkylation sites (tertiary alicyclic amines) is 1. The van der Waals surface area contributed by atoms with Crippen LogP contribution in [0.2, 0.25) is 0 Å². The maximum absolute atomic E-state index is 11.4. The zero-order valence-electron chi connectivity index (χ0n) is 12.2. The summed E-state index contributed by atoms with van der Waals surface area (Å²) >= 11 is 0. The minimum atomic E-state index is 0.167. The Bertz CT molecular complexity index is 237. The van der Waals surface area contributed by atoms with Gasteiger partial charge in [0.05, 0.1) is 0 Å².